The molecule has 1 amide bonds. The van der Waals surface area contributed by atoms with Gasteiger partial charge < -0.3 is 5.32 Å². The topological polar surface area (TPSA) is 75.3 Å². The summed E-state index contributed by atoms with van der Waals surface area (Å²) in [6.45, 7) is 3.71. The van der Waals surface area contributed by atoms with Crippen LogP contribution in [0.4, 0.5) is 8.78 Å². The molecule has 0 aromatic heterocycles. The van der Waals surface area contributed by atoms with Gasteiger partial charge >= 0.3 is 0 Å². The number of sulfonamides is 1. The van der Waals surface area contributed by atoms with Gasteiger partial charge in [0.25, 0.3) is 5.91 Å². The van der Waals surface area contributed by atoms with Gasteiger partial charge in [-0.1, -0.05) is 12.1 Å². The molecule has 0 heterocycles. The number of halogens is 2. The molecular formula is C18H20F2N2O3S. The minimum absolute atomic E-state index is 0.0938. The van der Waals surface area contributed by atoms with Crippen LogP contribution in [-0.4, -0.2) is 26.9 Å². The number of nitrogens with one attached hydrogen (secondary N) is 2. The summed E-state index contributed by atoms with van der Waals surface area (Å²) in [7, 11) is -3.55. The van der Waals surface area contributed by atoms with Crippen LogP contribution in [0.5, 0.6) is 0 Å². The third kappa shape index (κ3) is 5.60. The van der Waals surface area contributed by atoms with Gasteiger partial charge in [-0.25, -0.2) is 21.9 Å². The summed E-state index contributed by atoms with van der Waals surface area (Å²) in [4.78, 5) is 12.1. The number of benzene rings is 2. The summed E-state index contributed by atoms with van der Waals surface area (Å²) in [5.74, 6) is -2.22. The molecule has 8 heteroatoms. The molecule has 0 saturated heterocycles. The van der Waals surface area contributed by atoms with Crippen LogP contribution >= 0.6 is 0 Å². The zero-order valence-corrected chi connectivity index (χ0v) is 15.2. The molecule has 0 atom stereocenters. The third-order valence-electron chi connectivity index (χ3n) is 3.45. The van der Waals surface area contributed by atoms with Crippen molar-refractivity contribution in [1.29, 1.82) is 0 Å². The molecule has 0 bridgehead atoms. The van der Waals surface area contributed by atoms with E-state index in [9.17, 15) is 22.0 Å². The highest BCUT2D eigenvalue weighted by Gasteiger charge is 2.15. The fourth-order valence-corrected chi connectivity index (χ4v) is 3.57. The third-order valence-corrected chi connectivity index (χ3v) is 5.12. The molecule has 2 aromatic rings. The average molecular weight is 382 g/mol. The van der Waals surface area contributed by atoms with Crippen LogP contribution in [0.25, 0.3) is 0 Å². The predicted octanol–water partition coefficient (Wildman–Crippen LogP) is 2.62. The first-order chi connectivity index (χ1) is 12.2. The maximum atomic E-state index is 13.1. The quantitative estimate of drug-likeness (QED) is 0.773. The van der Waals surface area contributed by atoms with Crippen LogP contribution in [0.2, 0.25) is 0 Å². The van der Waals surface area contributed by atoms with Gasteiger partial charge in [0.1, 0.15) is 11.6 Å². The van der Waals surface area contributed by atoms with Gasteiger partial charge in [-0.15, -0.1) is 0 Å². The van der Waals surface area contributed by atoms with Crippen LogP contribution in [-0.2, 0) is 16.4 Å². The maximum absolute atomic E-state index is 13.1. The van der Waals surface area contributed by atoms with Crippen LogP contribution < -0.4 is 10.0 Å². The van der Waals surface area contributed by atoms with Crippen molar-refractivity contribution in [3.63, 3.8) is 0 Å². The van der Waals surface area contributed by atoms with Gasteiger partial charge in [0.05, 0.1) is 4.90 Å². The van der Waals surface area contributed by atoms with E-state index in [1.54, 1.807) is 26.0 Å². The number of hydrogen-bond acceptors (Lipinski definition) is 3. The molecule has 0 aliphatic rings. The van der Waals surface area contributed by atoms with Crippen molar-refractivity contribution in [2.75, 3.05) is 6.54 Å². The van der Waals surface area contributed by atoms with Gasteiger partial charge in [-0.05, 0) is 50.1 Å². The lowest BCUT2D eigenvalue weighted by Gasteiger charge is -2.10. The Morgan fingerprint density at radius 2 is 1.62 bits per heavy atom. The number of hydrogen-bond donors (Lipinski definition) is 2. The highest BCUT2D eigenvalue weighted by Crippen LogP contribution is 2.12. The highest BCUT2D eigenvalue weighted by atomic mass is 32.2. The molecule has 0 radical (unpaired) electrons. The predicted molar refractivity (Wildman–Crippen MR) is 94.3 cm³/mol. The molecule has 0 saturated carbocycles. The Morgan fingerprint density at radius 1 is 1.04 bits per heavy atom. The van der Waals surface area contributed by atoms with Gasteiger partial charge in [-0.3, -0.25) is 4.79 Å². The highest BCUT2D eigenvalue weighted by molar-refractivity contribution is 7.89. The van der Waals surface area contributed by atoms with E-state index in [1.807, 2.05) is 0 Å². The Bertz CT molecular complexity index is 862. The zero-order chi connectivity index (χ0) is 19.3. The van der Waals surface area contributed by atoms with Crippen molar-refractivity contribution in [2.45, 2.75) is 31.2 Å². The minimum atomic E-state index is -3.55. The summed E-state index contributed by atoms with van der Waals surface area (Å²) in [6, 6.07) is 8.70. The van der Waals surface area contributed by atoms with Gasteiger partial charge in [0, 0.05) is 24.2 Å². The van der Waals surface area contributed by atoms with E-state index >= 15 is 0 Å². The van der Waals surface area contributed by atoms with E-state index in [0.29, 0.717) is 12.5 Å². The second-order valence-corrected chi connectivity index (χ2v) is 7.80. The largest absolute Gasteiger partial charge is 0.352 e. The number of rotatable bonds is 7. The lowest BCUT2D eigenvalue weighted by atomic mass is 10.1. The molecule has 0 fully saturated rings. The van der Waals surface area contributed by atoms with E-state index in [4.69, 9.17) is 0 Å². The van der Waals surface area contributed by atoms with Crippen LogP contribution in [0.15, 0.2) is 47.4 Å². The summed E-state index contributed by atoms with van der Waals surface area (Å²) in [5.41, 5.74) is 0.725. The van der Waals surface area contributed by atoms with Crippen molar-refractivity contribution >= 4 is 15.9 Å². The normalized spacial score (nSPS) is 11.6. The van der Waals surface area contributed by atoms with Crippen molar-refractivity contribution in [3.05, 3.63) is 65.2 Å². The monoisotopic (exact) mass is 382 g/mol. The zero-order valence-electron chi connectivity index (χ0n) is 14.4. The second-order valence-electron chi connectivity index (χ2n) is 6.08. The van der Waals surface area contributed by atoms with Crippen LogP contribution in [0, 0.1) is 11.6 Å². The van der Waals surface area contributed by atoms with Crippen LogP contribution in [0.1, 0.15) is 29.8 Å². The molecule has 0 aliphatic carbocycles. The SMILES string of the molecule is CC(C)NS(=O)(=O)c1ccc(CCNC(=O)c2cc(F)cc(F)c2)cc1. The summed E-state index contributed by atoms with van der Waals surface area (Å²) in [5, 5.41) is 2.57. The van der Waals surface area contributed by atoms with E-state index < -0.39 is 27.6 Å². The Balaban J connectivity index is 1.93. The standard InChI is InChI=1S/C18H20F2N2O3S/c1-12(2)22-26(24,25)17-5-3-13(4-6-17)7-8-21-18(23)14-9-15(19)11-16(20)10-14/h3-6,9-12,22H,7-8H2,1-2H3,(H,21,23). The fraction of sp³-hybridized carbons (Fsp3) is 0.278. The average Bonchev–Trinajstić information content (AvgIpc) is 2.53. The Kier molecular flexibility index (Phi) is 6.44. The Hall–Kier alpha value is -2.32. The van der Waals surface area contributed by atoms with Gasteiger partial charge in [0.15, 0.2) is 0 Å². The number of carbonyl (C=O) groups is 1. The van der Waals surface area contributed by atoms with Crippen molar-refractivity contribution < 1.29 is 22.0 Å². The molecule has 26 heavy (non-hydrogen) atoms. The first-order valence-electron chi connectivity index (χ1n) is 8.03. The van der Waals surface area contributed by atoms with Crippen molar-refractivity contribution in [1.82, 2.24) is 10.0 Å². The smallest absolute Gasteiger partial charge is 0.251 e. The molecule has 0 spiro atoms. The summed E-state index contributed by atoms with van der Waals surface area (Å²) >= 11 is 0. The first kappa shape index (κ1) is 20.0. The van der Waals surface area contributed by atoms with Gasteiger partial charge in [-0.2, -0.15) is 0 Å². The maximum Gasteiger partial charge on any atom is 0.251 e. The summed E-state index contributed by atoms with van der Waals surface area (Å²) in [6.07, 6.45) is 0.446. The number of amides is 1. The number of carbonyl (C=O) groups excluding carboxylic acids is 1. The molecule has 2 N–H and O–H groups in total. The Labute approximate surface area is 151 Å². The molecule has 0 unspecified atom stereocenters. The van der Waals surface area contributed by atoms with E-state index in [-0.39, 0.29) is 23.0 Å². The Morgan fingerprint density at radius 3 is 2.15 bits per heavy atom. The molecular weight excluding hydrogens is 362 g/mol. The molecule has 2 rings (SSSR count). The van der Waals surface area contributed by atoms with E-state index in [0.717, 1.165) is 17.7 Å². The minimum Gasteiger partial charge on any atom is -0.352 e. The van der Waals surface area contributed by atoms with E-state index in [2.05, 4.69) is 10.0 Å². The van der Waals surface area contributed by atoms with E-state index in [1.165, 1.54) is 12.1 Å². The molecule has 5 nitrogen and oxygen atoms in total. The van der Waals surface area contributed by atoms with Crippen LogP contribution in [0.3, 0.4) is 0 Å². The van der Waals surface area contributed by atoms with Crippen molar-refractivity contribution in [2.24, 2.45) is 0 Å². The molecule has 2 aromatic carbocycles. The lowest BCUT2D eigenvalue weighted by Crippen LogP contribution is -2.30. The molecule has 0 aliphatic heterocycles. The lowest BCUT2D eigenvalue weighted by molar-refractivity contribution is 0.0953. The summed E-state index contributed by atoms with van der Waals surface area (Å²) < 4.78 is 52.8. The second kappa shape index (κ2) is 8.37. The van der Waals surface area contributed by atoms with Gasteiger partial charge in [0.2, 0.25) is 10.0 Å². The van der Waals surface area contributed by atoms with Crippen molar-refractivity contribution in [3.8, 4) is 0 Å². The first-order valence-corrected chi connectivity index (χ1v) is 9.51. The molecule has 140 valence electrons. The fourth-order valence-electron chi connectivity index (χ4n) is 2.32.